The lowest BCUT2D eigenvalue weighted by Gasteiger charge is -2.18. The van der Waals surface area contributed by atoms with Crippen molar-refractivity contribution in [2.75, 3.05) is 0 Å². The van der Waals surface area contributed by atoms with Gasteiger partial charge in [0, 0.05) is 53.3 Å². The van der Waals surface area contributed by atoms with Gasteiger partial charge in [-0.3, -0.25) is 0 Å². The quantitative estimate of drug-likeness (QED) is 0.161. The summed E-state index contributed by atoms with van der Waals surface area (Å²) >= 11 is 1.89. The number of thiophene rings is 1. The number of fused-ring (bicyclic) bond motifs is 7. The Bertz CT molecular complexity index is 3560. The van der Waals surface area contributed by atoms with Crippen LogP contribution in [0.4, 0.5) is 0 Å². The summed E-state index contributed by atoms with van der Waals surface area (Å²) in [4.78, 5) is 15.2. The molecule has 5 heteroatoms. The molecule has 0 N–H and O–H groups in total. The maximum atomic E-state index is 5.10. The van der Waals surface area contributed by atoms with E-state index in [2.05, 4.69) is 162 Å². The van der Waals surface area contributed by atoms with E-state index < -0.39 is 0 Å². The summed E-state index contributed by atoms with van der Waals surface area (Å²) in [5.41, 5.74) is 13.1. The molecule has 0 aliphatic carbocycles. The fraction of sp³-hybridized carbons (Fsp3) is 0. The first-order valence-corrected chi connectivity index (χ1v) is 21.7. The van der Waals surface area contributed by atoms with Crippen molar-refractivity contribution in [1.29, 1.82) is 0 Å². The molecule has 0 aliphatic rings. The number of hydrogen-bond donors (Lipinski definition) is 0. The smallest absolute Gasteiger partial charge is 0.164 e. The van der Waals surface area contributed by atoms with E-state index in [0.717, 1.165) is 55.8 Å². The van der Waals surface area contributed by atoms with Crippen molar-refractivity contribution in [3.63, 3.8) is 0 Å². The number of benzene rings is 9. The Labute approximate surface area is 362 Å². The molecule has 0 radical (unpaired) electrons. The van der Waals surface area contributed by atoms with E-state index in [1.165, 1.54) is 42.0 Å². The van der Waals surface area contributed by atoms with Crippen molar-refractivity contribution >= 4 is 53.3 Å². The first-order chi connectivity index (χ1) is 30.7. The molecule has 9 aromatic carbocycles. The standard InChI is InChI=1S/C57H36N4S/c1-5-17-37(18-6-1)48-35-41(57-59-55(39-21-9-3-10-22-39)58-56(60-57)40-23-11-4-12-24-40)29-31-43(48)44-32-30-42(36-49(44)38-19-7-2-8-20-38)61-50-27-15-13-26-47(50)53-51(61)34-33-46-45-25-14-16-28-52(45)62-54(46)53/h1-36H. The highest BCUT2D eigenvalue weighted by molar-refractivity contribution is 7.26. The van der Waals surface area contributed by atoms with Crippen LogP contribution in [0.25, 0.3) is 115 Å². The second-order valence-corrected chi connectivity index (χ2v) is 16.6. The average molecular weight is 809 g/mol. The van der Waals surface area contributed by atoms with E-state index in [4.69, 9.17) is 15.0 Å². The Morgan fingerprint density at radius 1 is 0.323 bits per heavy atom. The number of para-hydroxylation sites is 1. The molecule has 3 aromatic heterocycles. The van der Waals surface area contributed by atoms with Gasteiger partial charge in [-0.25, -0.2) is 15.0 Å². The molecule has 0 fully saturated rings. The van der Waals surface area contributed by atoms with Crippen molar-refractivity contribution in [3.05, 3.63) is 218 Å². The highest BCUT2D eigenvalue weighted by atomic mass is 32.1. The molecular weight excluding hydrogens is 773 g/mol. The predicted molar refractivity (Wildman–Crippen MR) is 260 cm³/mol. The lowest BCUT2D eigenvalue weighted by Crippen LogP contribution is -2.00. The Balaban J connectivity index is 1.07. The molecule has 0 spiro atoms. The number of aromatic nitrogens is 4. The number of rotatable bonds is 7. The van der Waals surface area contributed by atoms with Crippen molar-refractivity contribution in [2.45, 2.75) is 0 Å². The summed E-state index contributed by atoms with van der Waals surface area (Å²) in [6, 6.07) is 77.5. The minimum absolute atomic E-state index is 0.624. The monoisotopic (exact) mass is 808 g/mol. The van der Waals surface area contributed by atoms with E-state index in [9.17, 15) is 0 Å². The zero-order chi connectivity index (χ0) is 41.0. The summed E-state index contributed by atoms with van der Waals surface area (Å²) in [5.74, 6) is 1.90. The SMILES string of the molecule is c1ccc(-c2nc(-c3ccccc3)nc(-c3ccc(-c4ccc(-n5c6ccccc6c6c7sc8ccccc8c7ccc65)cc4-c4ccccc4)c(-c4ccccc4)c3)n2)cc1. The van der Waals surface area contributed by atoms with Crippen LogP contribution in [0.1, 0.15) is 0 Å². The van der Waals surface area contributed by atoms with Gasteiger partial charge in [0.25, 0.3) is 0 Å². The Morgan fingerprint density at radius 2 is 0.823 bits per heavy atom. The van der Waals surface area contributed by atoms with Gasteiger partial charge in [0.1, 0.15) is 0 Å². The third kappa shape index (κ3) is 6.09. The van der Waals surface area contributed by atoms with Gasteiger partial charge in [0.2, 0.25) is 0 Å². The maximum Gasteiger partial charge on any atom is 0.164 e. The lowest BCUT2D eigenvalue weighted by atomic mass is 9.88. The molecule has 62 heavy (non-hydrogen) atoms. The van der Waals surface area contributed by atoms with Crippen molar-refractivity contribution in [2.24, 2.45) is 0 Å². The van der Waals surface area contributed by atoms with Crippen LogP contribution < -0.4 is 0 Å². The largest absolute Gasteiger partial charge is 0.309 e. The predicted octanol–water partition coefficient (Wildman–Crippen LogP) is 15.3. The number of nitrogens with zero attached hydrogens (tertiary/aromatic N) is 4. The van der Waals surface area contributed by atoms with Crippen molar-refractivity contribution in [1.82, 2.24) is 19.5 Å². The van der Waals surface area contributed by atoms with E-state index in [1.807, 2.05) is 72.0 Å². The van der Waals surface area contributed by atoms with Crippen LogP contribution >= 0.6 is 11.3 Å². The lowest BCUT2D eigenvalue weighted by molar-refractivity contribution is 1.07. The minimum Gasteiger partial charge on any atom is -0.309 e. The third-order valence-corrected chi connectivity index (χ3v) is 13.1. The summed E-state index contributed by atoms with van der Waals surface area (Å²) in [6.07, 6.45) is 0. The van der Waals surface area contributed by atoms with Crippen LogP contribution in [-0.4, -0.2) is 19.5 Å². The first-order valence-electron chi connectivity index (χ1n) is 20.9. The topological polar surface area (TPSA) is 43.6 Å². The Morgan fingerprint density at radius 3 is 1.45 bits per heavy atom. The summed E-state index contributed by atoms with van der Waals surface area (Å²) in [6.45, 7) is 0. The minimum atomic E-state index is 0.624. The van der Waals surface area contributed by atoms with Crippen LogP contribution in [-0.2, 0) is 0 Å². The molecule has 0 saturated heterocycles. The molecule has 0 aliphatic heterocycles. The van der Waals surface area contributed by atoms with Crippen molar-refractivity contribution < 1.29 is 0 Å². The molecule has 3 heterocycles. The van der Waals surface area contributed by atoms with E-state index in [1.54, 1.807) is 0 Å². The molecule has 12 aromatic rings. The van der Waals surface area contributed by atoms with Crippen LogP contribution in [0.5, 0.6) is 0 Å². The molecule has 0 bridgehead atoms. The molecule has 0 saturated carbocycles. The highest BCUT2D eigenvalue weighted by Gasteiger charge is 2.21. The first kappa shape index (κ1) is 35.9. The maximum absolute atomic E-state index is 5.10. The van der Waals surface area contributed by atoms with Gasteiger partial charge in [0.05, 0.1) is 11.0 Å². The molecule has 12 rings (SSSR count). The van der Waals surface area contributed by atoms with Gasteiger partial charge in [-0.1, -0.05) is 182 Å². The fourth-order valence-corrected chi connectivity index (χ4v) is 10.2. The molecule has 0 atom stereocenters. The van der Waals surface area contributed by atoms with Gasteiger partial charge in [-0.05, 0) is 69.8 Å². The molecule has 0 amide bonds. The van der Waals surface area contributed by atoms with E-state index >= 15 is 0 Å². The average Bonchev–Trinajstić information content (AvgIpc) is 3.91. The second-order valence-electron chi connectivity index (χ2n) is 15.5. The summed E-state index contributed by atoms with van der Waals surface area (Å²) in [5, 5.41) is 5.18. The third-order valence-electron chi connectivity index (χ3n) is 11.9. The summed E-state index contributed by atoms with van der Waals surface area (Å²) < 4.78 is 5.09. The Hall–Kier alpha value is -7.99. The zero-order valence-electron chi connectivity index (χ0n) is 33.5. The Kier molecular flexibility index (Phi) is 8.65. The highest BCUT2D eigenvalue weighted by Crippen LogP contribution is 2.45. The van der Waals surface area contributed by atoms with Crippen LogP contribution in [0.2, 0.25) is 0 Å². The second kappa shape index (κ2) is 14.9. The fourth-order valence-electron chi connectivity index (χ4n) is 8.99. The van der Waals surface area contributed by atoms with Gasteiger partial charge < -0.3 is 4.57 Å². The van der Waals surface area contributed by atoms with Gasteiger partial charge in [0.15, 0.2) is 17.5 Å². The van der Waals surface area contributed by atoms with Crippen molar-refractivity contribution in [3.8, 4) is 73.2 Å². The molecule has 0 unspecified atom stereocenters. The molecule has 290 valence electrons. The van der Waals surface area contributed by atoms with E-state index in [0.29, 0.717) is 17.5 Å². The van der Waals surface area contributed by atoms with Gasteiger partial charge in [-0.2, -0.15) is 0 Å². The zero-order valence-corrected chi connectivity index (χ0v) is 34.3. The molecular formula is C57H36N4S. The normalized spacial score (nSPS) is 11.5. The van der Waals surface area contributed by atoms with E-state index in [-0.39, 0.29) is 0 Å². The van der Waals surface area contributed by atoms with Gasteiger partial charge in [-0.15, -0.1) is 11.3 Å². The number of hydrogen-bond acceptors (Lipinski definition) is 4. The summed E-state index contributed by atoms with van der Waals surface area (Å²) in [7, 11) is 0. The van der Waals surface area contributed by atoms with Crippen LogP contribution in [0.15, 0.2) is 218 Å². The molecule has 4 nitrogen and oxygen atoms in total. The van der Waals surface area contributed by atoms with Crippen LogP contribution in [0.3, 0.4) is 0 Å². The van der Waals surface area contributed by atoms with Crippen LogP contribution in [0, 0.1) is 0 Å². The van der Waals surface area contributed by atoms with Gasteiger partial charge >= 0.3 is 0 Å².